The molecular weight excluding hydrogens is 228 g/mol. The summed E-state index contributed by atoms with van der Waals surface area (Å²) in [6.07, 6.45) is 2.05. The van der Waals surface area contributed by atoms with Gasteiger partial charge in [-0.05, 0) is 29.8 Å². The first kappa shape index (κ1) is 12.4. The van der Waals surface area contributed by atoms with Crippen LogP contribution in [-0.4, -0.2) is 28.6 Å². The summed E-state index contributed by atoms with van der Waals surface area (Å²) in [5.74, 6) is -2.33. The molecule has 1 aromatic carbocycles. The van der Waals surface area contributed by atoms with Gasteiger partial charge in [-0.15, -0.1) is 0 Å². The number of hydrogen-bond acceptors (Lipinski definition) is 4. The predicted octanol–water partition coefficient (Wildman–Crippen LogP) is 1.02. The van der Waals surface area contributed by atoms with Gasteiger partial charge in [-0.1, -0.05) is 0 Å². The molecule has 0 saturated heterocycles. The Labute approximate surface area is 95.8 Å². The van der Waals surface area contributed by atoms with Crippen molar-refractivity contribution in [1.29, 1.82) is 0 Å². The minimum atomic E-state index is -1.20. The maximum atomic E-state index is 10.8. The molecule has 0 spiro atoms. The second kappa shape index (κ2) is 5.45. The van der Waals surface area contributed by atoms with Crippen molar-refractivity contribution in [1.82, 2.24) is 0 Å². The fraction of sp³-hybridized carbons (Fsp3) is 0. The van der Waals surface area contributed by atoms with Crippen LogP contribution in [0.5, 0.6) is 5.75 Å². The molecule has 6 nitrogen and oxygen atoms in total. The van der Waals surface area contributed by atoms with Crippen LogP contribution in [0.4, 0.5) is 0 Å². The van der Waals surface area contributed by atoms with Gasteiger partial charge in [-0.25, -0.2) is 9.59 Å². The lowest BCUT2D eigenvalue weighted by molar-refractivity contribution is -0.131. The smallest absolute Gasteiger partial charge is 0.335 e. The van der Waals surface area contributed by atoms with E-state index in [0.29, 0.717) is 5.56 Å². The van der Waals surface area contributed by atoms with Gasteiger partial charge in [0.25, 0.3) is 6.47 Å². The van der Waals surface area contributed by atoms with Crippen molar-refractivity contribution in [3.05, 3.63) is 35.4 Å². The number of benzene rings is 1. The fourth-order valence-electron chi connectivity index (χ4n) is 1.13. The van der Waals surface area contributed by atoms with E-state index in [0.717, 1.165) is 12.1 Å². The molecule has 2 N–H and O–H groups in total. The number of carboxylic acids is 2. The largest absolute Gasteiger partial charge is 0.478 e. The molecule has 1 rings (SSSR count). The number of hydrogen-bond donors (Lipinski definition) is 2. The van der Waals surface area contributed by atoms with E-state index >= 15 is 0 Å². The fourth-order valence-corrected chi connectivity index (χ4v) is 1.13. The lowest BCUT2D eigenvalue weighted by Crippen LogP contribution is -1.99. The molecule has 6 heteroatoms. The lowest BCUT2D eigenvalue weighted by Gasteiger charge is -2.02. The highest BCUT2D eigenvalue weighted by Crippen LogP contribution is 2.18. The van der Waals surface area contributed by atoms with E-state index in [9.17, 15) is 14.4 Å². The van der Waals surface area contributed by atoms with E-state index in [2.05, 4.69) is 4.74 Å². The van der Waals surface area contributed by atoms with Crippen molar-refractivity contribution >= 4 is 24.5 Å². The van der Waals surface area contributed by atoms with Crippen LogP contribution in [0.25, 0.3) is 6.08 Å². The molecule has 0 aliphatic heterocycles. The Morgan fingerprint density at radius 3 is 2.41 bits per heavy atom. The Balaban J connectivity index is 3.15. The summed E-state index contributed by atoms with van der Waals surface area (Å²) >= 11 is 0. The van der Waals surface area contributed by atoms with Crippen LogP contribution < -0.4 is 4.74 Å². The lowest BCUT2D eigenvalue weighted by atomic mass is 10.1. The number of carboxylic acid groups (broad SMARTS) is 2. The van der Waals surface area contributed by atoms with Gasteiger partial charge in [0.05, 0.1) is 5.56 Å². The van der Waals surface area contributed by atoms with Crippen molar-refractivity contribution in [3.8, 4) is 5.75 Å². The van der Waals surface area contributed by atoms with Gasteiger partial charge in [-0.3, -0.25) is 4.79 Å². The average Bonchev–Trinajstić information content (AvgIpc) is 2.26. The molecule has 0 aromatic heterocycles. The Hall–Kier alpha value is -2.63. The number of rotatable bonds is 5. The minimum Gasteiger partial charge on any atom is -0.478 e. The molecule has 0 fully saturated rings. The molecule has 0 saturated carbocycles. The van der Waals surface area contributed by atoms with Crippen molar-refractivity contribution < 1.29 is 29.3 Å². The van der Waals surface area contributed by atoms with Crippen LogP contribution in [-0.2, 0) is 9.59 Å². The molecule has 0 amide bonds. The van der Waals surface area contributed by atoms with Gasteiger partial charge in [0.2, 0.25) is 0 Å². The first-order valence-corrected chi connectivity index (χ1v) is 4.42. The van der Waals surface area contributed by atoms with E-state index < -0.39 is 11.9 Å². The van der Waals surface area contributed by atoms with E-state index in [1.807, 2.05) is 0 Å². The van der Waals surface area contributed by atoms with Gasteiger partial charge in [0.1, 0.15) is 5.75 Å². The third-order valence-corrected chi connectivity index (χ3v) is 1.78. The van der Waals surface area contributed by atoms with Gasteiger partial charge in [0.15, 0.2) is 0 Å². The molecule has 0 heterocycles. The highest BCUT2D eigenvalue weighted by molar-refractivity contribution is 5.90. The molecule has 0 bridgehead atoms. The first-order chi connectivity index (χ1) is 8.02. The number of carbonyl (C=O) groups excluding carboxylic acids is 1. The zero-order valence-electron chi connectivity index (χ0n) is 8.49. The molecule has 88 valence electrons. The van der Waals surface area contributed by atoms with Gasteiger partial charge in [-0.2, -0.15) is 0 Å². The Bertz CT molecular complexity index is 489. The second-order valence-electron chi connectivity index (χ2n) is 2.98. The third kappa shape index (κ3) is 3.78. The highest BCUT2D eigenvalue weighted by Gasteiger charge is 2.06. The number of carbonyl (C=O) groups is 3. The highest BCUT2D eigenvalue weighted by atomic mass is 16.5. The summed E-state index contributed by atoms with van der Waals surface area (Å²) in [6.45, 7) is 0.158. The number of ether oxygens (including phenoxy) is 1. The molecule has 0 unspecified atom stereocenters. The van der Waals surface area contributed by atoms with Crippen LogP contribution in [0, 0.1) is 0 Å². The molecule has 17 heavy (non-hydrogen) atoms. The Kier molecular flexibility index (Phi) is 3.99. The third-order valence-electron chi connectivity index (χ3n) is 1.78. The van der Waals surface area contributed by atoms with E-state index in [1.165, 1.54) is 18.2 Å². The van der Waals surface area contributed by atoms with Gasteiger partial charge >= 0.3 is 11.9 Å². The molecular formula is C11H8O6. The zero-order chi connectivity index (χ0) is 12.8. The predicted molar refractivity (Wildman–Crippen MR) is 56.8 cm³/mol. The molecule has 1 aromatic rings. The average molecular weight is 236 g/mol. The summed E-state index contributed by atoms with van der Waals surface area (Å²) < 4.78 is 4.52. The molecule has 0 radical (unpaired) electrons. The van der Waals surface area contributed by atoms with Crippen molar-refractivity contribution in [2.45, 2.75) is 0 Å². The van der Waals surface area contributed by atoms with E-state index in [1.54, 1.807) is 0 Å². The topological polar surface area (TPSA) is 101 Å². The number of aliphatic carboxylic acids is 1. The minimum absolute atomic E-state index is 0.0324. The summed E-state index contributed by atoms with van der Waals surface area (Å²) in [5, 5.41) is 17.2. The Morgan fingerprint density at radius 1 is 1.18 bits per heavy atom. The summed E-state index contributed by atoms with van der Waals surface area (Å²) in [4.78, 5) is 31.2. The van der Waals surface area contributed by atoms with Crippen LogP contribution in [0.15, 0.2) is 24.3 Å². The maximum Gasteiger partial charge on any atom is 0.335 e. The van der Waals surface area contributed by atoms with Crippen LogP contribution in [0.2, 0.25) is 0 Å². The van der Waals surface area contributed by atoms with Crippen molar-refractivity contribution in [3.63, 3.8) is 0 Å². The standard InChI is InChI=1S/C11H8O6/c12-6-17-9-4-7(1-2-10(13)14)3-8(5-9)11(15)16/h1-6H,(H,13,14)(H,15,16)/b2-1+. The number of aromatic carboxylic acids is 1. The maximum absolute atomic E-state index is 10.8. The second-order valence-corrected chi connectivity index (χ2v) is 2.98. The van der Waals surface area contributed by atoms with E-state index in [-0.39, 0.29) is 17.8 Å². The van der Waals surface area contributed by atoms with Gasteiger partial charge < -0.3 is 14.9 Å². The van der Waals surface area contributed by atoms with Crippen molar-refractivity contribution in [2.24, 2.45) is 0 Å². The molecule has 0 aliphatic carbocycles. The van der Waals surface area contributed by atoms with Crippen molar-refractivity contribution in [2.75, 3.05) is 0 Å². The normalized spacial score (nSPS) is 10.1. The van der Waals surface area contributed by atoms with Crippen LogP contribution in [0.1, 0.15) is 15.9 Å². The SMILES string of the molecule is O=COc1cc(/C=C/C(=O)O)cc(C(=O)O)c1. The van der Waals surface area contributed by atoms with Crippen LogP contribution in [0.3, 0.4) is 0 Å². The van der Waals surface area contributed by atoms with Crippen LogP contribution >= 0.6 is 0 Å². The quantitative estimate of drug-likeness (QED) is 0.584. The summed E-state index contributed by atoms with van der Waals surface area (Å²) in [7, 11) is 0. The summed E-state index contributed by atoms with van der Waals surface area (Å²) in [6, 6.07) is 3.77. The summed E-state index contributed by atoms with van der Waals surface area (Å²) in [5.41, 5.74) is 0.207. The van der Waals surface area contributed by atoms with Gasteiger partial charge in [0, 0.05) is 6.08 Å². The first-order valence-electron chi connectivity index (χ1n) is 4.42. The monoisotopic (exact) mass is 236 g/mol. The molecule has 0 atom stereocenters. The zero-order valence-corrected chi connectivity index (χ0v) is 8.49. The van der Waals surface area contributed by atoms with E-state index in [4.69, 9.17) is 10.2 Å². The Morgan fingerprint density at radius 2 is 1.88 bits per heavy atom. The molecule has 0 aliphatic rings.